The topological polar surface area (TPSA) is 75.4 Å². The summed E-state index contributed by atoms with van der Waals surface area (Å²) in [6.07, 6.45) is 0.706. The number of nitro groups is 1. The van der Waals surface area contributed by atoms with Gasteiger partial charge < -0.3 is 10.4 Å². The van der Waals surface area contributed by atoms with Gasteiger partial charge in [0, 0.05) is 19.2 Å². The van der Waals surface area contributed by atoms with Gasteiger partial charge in [-0.3, -0.25) is 10.1 Å². The molecule has 6 heteroatoms. The normalized spacial score (nSPS) is 12.4. The van der Waals surface area contributed by atoms with Crippen LogP contribution in [-0.4, -0.2) is 23.2 Å². The highest BCUT2D eigenvalue weighted by Gasteiger charge is 2.16. The van der Waals surface area contributed by atoms with Crippen LogP contribution >= 0.6 is 11.6 Å². The number of aliphatic hydroxyl groups is 1. The molecule has 100 valence electrons. The highest BCUT2D eigenvalue weighted by molar-refractivity contribution is 6.31. The van der Waals surface area contributed by atoms with Crippen LogP contribution in [0.4, 0.5) is 5.69 Å². The Balaban J connectivity index is 2.64. The Hall–Kier alpha value is -1.17. The van der Waals surface area contributed by atoms with Crippen molar-refractivity contribution in [3.63, 3.8) is 0 Å². The van der Waals surface area contributed by atoms with Gasteiger partial charge in [-0.1, -0.05) is 24.6 Å². The van der Waals surface area contributed by atoms with Gasteiger partial charge in [0.15, 0.2) is 0 Å². The molecule has 18 heavy (non-hydrogen) atoms. The number of nitrogens with one attached hydrogen (secondary N) is 1. The van der Waals surface area contributed by atoms with E-state index in [1.165, 1.54) is 6.07 Å². The van der Waals surface area contributed by atoms with Crippen molar-refractivity contribution in [2.75, 3.05) is 13.2 Å². The van der Waals surface area contributed by atoms with Crippen LogP contribution in [0.15, 0.2) is 18.2 Å². The molecular weight excluding hydrogens is 256 g/mol. The summed E-state index contributed by atoms with van der Waals surface area (Å²) in [5, 5.41) is 23.2. The number of hydrogen-bond donors (Lipinski definition) is 2. The Morgan fingerprint density at radius 1 is 1.56 bits per heavy atom. The number of halogens is 1. The van der Waals surface area contributed by atoms with Gasteiger partial charge in [-0.15, -0.1) is 0 Å². The minimum absolute atomic E-state index is 0.0322. The predicted octanol–water partition coefficient (Wildman–Crippen LogP) is 2.36. The van der Waals surface area contributed by atoms with Crippen molar-refractivity contribution >= 4 is 17.3 Å². The Morgan fingerprint density at radius 2 is 2.28 bits per heavy atom. The molecule has 1 rings (SSSR count). The molecule has 1 atom stereocenters. The minimum atomic E-state index is -0.431. The van der Waals surface area contributed by atoms with E-state index in [-0.39, 0.29) is 12.3 Å². The van der Waals surface area contributed by atoms with Crippen molar-refractivity contribution < 1.29 is 10.0 Å². The summed E-state index contributed by atoms with van der Waals surface area (Å²) in [4.78, 5) is 10.4. The standard InChI is InChI=1S/C12H17ClN2O3/c1-9(5-6-16)7-14-8-10-11(13)3-2-4-12(10)15(17)18/h2-4,9,14,16H,5-8H2,1H3. The number of rotatable bonds is 7. The van der Waals surface area contributed by atoms with Crippen molar-refractivity contribution in [1.29, 1.82) is 0 Å². The van der Waals surface area contributed by atoms with Gasteiger partial charge in [-0.2, -0.15) is 0 Å². The molecule has 0 fully saturated rings. The van der Waals surface area contributed by atoms with E-state index in [9.17, 15) is 10.1 Å². The fourth-order valence-electron chi connectivity index (χ4n) is 1.66. The summed E-state index contributed by atoms with van der Waals surface area (Å²) < 4.78 is 0. The summed E-state index contributed by atoms with van der Waals surface area (Å²) in [5.74, 6) is 0.316. The molecule has 0 aromatic heterocycles. The van der Waals surface area contributed by atoms with E-state index in [0.717, 1.165) is 0 Å². The van der Waals surface area contributed by atoms with Crippen molar-refractivity contribution in [1.82, 2.24) is 5.32 Å². The van der Waals surface area contributed by atoms with Gasteiger partial charge in [-0.25, -0.2) is 0 Å². The van der Waals surface area contributed by atoms with Crippen molar-refractivity contribution in [3.05, 3.63) is 38.9 Å². The Labute approximate surface area is 111 Å². The number of nitro benzene ring substituents is 1. The Morgan fingerprint density at radius 3 is 2.89 bits per heavy atom. The van der Waals surface area contributed by atoms with Gasteiger partial charge in [0.2, 0.25) is 0 Å². The first-order valence-corrected chi connectivity index (χ1v) is 6.17. The first-order valence-electron chi connectivity index (χ1n) is 5.79. The molecule has 0 aliphatic heterocycles. The number of benzene rings is 1. The smallest absolute Gasteiger partial charge is 0.275 e. The van der Waals surface area contributed by atoms with Gasteiger partial charge in [0.25, 0.3) is 5.69 Å². The highest BCUT2D eigenvalue weighted by atomic mass is 35.5. The molecule has 0 saturated heterocycles. The average molecular weight is 273 g/mol. The maximum absolute atomic E-state index is 10.9. The Kier molecular flexibility index (Phi) is 6.04. The number of nitrogens with zero attached hydrogens (tertiary/aromatic N) is 1. The molecule has 0 saturated carbocycles. The van der Waals surface area contributed by atoms with E-state index in [1.807, 2.05) is 6.92 Å². The zero-order chi connectivity index (χ0) is 13.5. The molecule has 0 radical (unpaired) electrons. The van der Waals surface area contributed by atoms with Crippen LogP contribution in [0.3, 0.4) is 0 Å². The highest BCUT2D eigenvalue weighted by Crippen LogP contribution is 2.25. The third-order valence-corrected chi connectivity index (χ3v) is 3.06. The average Bonchev–Trinajstić information content (AvgIpc) is 2.31. The predicted molar refractivity (Wildman–Crippen MR) is 70.7 cm³/mol. The van der Waals surface area contributed by atoms with E-state index >= 15 is 0 Å². The SMILES string of the molecule is CC(CCO)CNCc1c(Cl)cccc1[N+](=O)[O-]. The monoisotopic (exact) mass is 272 g/mol. The van der Waals surface area contributed by atoms with Crippen LogP contribution in [0, 0.1) is 16.0 Å². The molecule has 0 amide bonds. The molecule has 0 bridgehead atoms. The first-order chi connectivity index (χ1) is 8.56. The summed E-state index contributed by atoms with van der Waals surface area (Å²) in [6.45, 7) is 3.19. The molecule has 5 nitrogen and oxygen atoms in total. The number of aliphatic hydroxyl groups excluding tert-OH is 1. The van der Waals surface area contributed by atoms with Gasteiger partial charge >= 0.3 is 0 Å². The second kappa shape index (κ2) is 7.31. The van der Waals surface area contributed by atoms with Crippen LogP contribution in [-0.2, 0) is 6.54 Å². The molecule has 0 heterocycles. The molecule has 2 N–H and O–H groups in total. The van der Waals surface area contributed by atoms with Crippen LogP contribution in [0.1, 0.15) is 18.9 Å². The number of hydrogen-bond acceptors (Lipinski definition) is 4. The largest absolute Gasteiger partial charge is 0.396 e. The Bertz CT molecular complexity index is 412. The van der Waals surface area contributed by atoms with Crippen LogP contribution in [0.5, 0.6) is 0 Å². The van der Waals surface area contributed by atoms with Gasteiger partial charge in [0.1, 0.15) is 0 Å². The second-order valence-corrected chi connectivity index (χ2v) is 4.65. The van der Waals surface area contributed by atoms with Crippen molar-refractivity contribution in [3.8, 4) is 0 Å². The maximum Gasteiger partial charge on any atom is 0.275 e. The summed E-state index contributed by atoms with van der Waals surface area (Å²) in [5.41, 5.74) is 0.533. The summed E-state index contributed by atoms with van der Waals surface area (Å²) in [6, 6.07) is 4.65. The summed E-state index contributed by atoms with van der Waals surface area (Å²) in [7, 11) is 0. The summed E-state index contributed by atoms with van der Waals surface area (Å²) >= 11 is 5.97. The van der Waals surface area contributed by atoms with Crippen molar-refractivity contribution in [2.24, 2.45) is 5.92 Å². The van der Waals surface area contributed by atoms with E-state index in [4.69, 9.17) is 16.7 Å². The fourth-order valence-corrected chi connectivity index (χ4v) is 1.90. The molecule has 1 aromatic carbocycles. The van der Waals surface area contributed by atoms with E-state index in [2.05, 4.69) is 5.32 Å². The lowest BCUT2D eigenvalue weighted by Crippen LogP contribution is -2.22. The van der Waals surface area contributed by atoms with Crippen LogP contribution in [0.2, 0.25) is 5.02 Å². The van der Waals surface area contributed by atoms with E-state index in [0.29, 0.717) is 36.0 Å². The molecule has 0 aliphatic rings. The third kappa shape index (κ3) is 4.25. The zero-order valence-electron chi connectivity index (χ0n) is 10.2. The van der Waals surface area contributed by atoms with Gasteiger partial charge in [0.05, 0.1) is 15.5 Å². The third-order valence-electron chi connectivity index (χ3n) is 2.71. The quantitative estimate of drug-likeness (QED) is 0.590. The molecule has 1 aromatic rings. The van der Waals surface area contributed by atoms with Crippen LogP contribution < -0.4 is 5.32 Å². The molecule has 0 aliphatic carbocycles. The fraction of sp³-hybridized carbons (Fsp3) is 0.500. The molecule has 1 unspecified atom stereocenters. The molecule has 0 spiro atoms. The maximum atomic E-state index is 10.9. The minimum Gasteiger partial charge on any atom is -0.396 e. The van der Waals surface area contributed by atoms with E-state index in [1.54, 1.807) is 12.1 Å². The lowest BCUT2D eigenvalue weighted by Gasteiger charge is -2.11. The first kappa shape index (κ1) is 14.9. The van der Waals surface area contributed by atoms with E-state index < -0.39 is 4.92 Å². The van der Waals surface area contributed by atoms with Crippen LogP contribution in [0.25, 0.3) is 0 Å². The van der Waals surface area contributed by atoms with Crippen molar-refractivity contribution in [2.45, 2.75) is 19.9 Å². The lowest BCUT2D eigenvalue weighted by molar-refractivity contribution is -0.385. The lowest BCUT2D eigenvalue weighted by atomic mass is 10.1. The zero-order valence-corrected chi connectivity index (χ0v) is 11.0. The second-order valence-electron chi connectivity index (χ2n) is 4.24. The molecular formula is C12H17ClN2O3. The van der Waals surface area contributed by atoms with Gasteiger partial charge in [-0.05, 0) is 24.9 Å².